The quantitative estimate of drug-likeness (QED) is 0.823. The van der Waals surface area contributed by atoms with Crippen LogP contribution < -0.4 is 11.1 Å². The van der Waals surface area contributed by atoms with E-state index >= 15 is 0 Å². The first-order valence-electron chi connectivity index (χ1n) is 6.93. The molecule has 1 aromatic rings. The molecule has 21 heavy (non-hydrogen) atoms. The van der Waals surface area contributed by atoms with Crippen molar-refractivity contribution in [3.63, 3.8) is 0 Å². The number of nitrogen functional groups attached to an aromatic ring is 1. The van der Waals surface area contributed by atoms with Gasteiger partial charge < -0.3 is 15.8 Å². The monoisotopic (exact) mass is 313 g/mol. The molecule has 3 N–H and O–H groups in total. The molecule has 7 heteroatoms. The van der Waals surface area contributed by atoms with Gasteiger partial charge in [0.15, 0.2) is 0 Å². The minimum absolute atomic E-state index is 0.0751. The third-order valence-electron chi connectivity index (χ3n) is 3.83. The molecule has 1 aliphatic heterocycles. The average Bonchev–Trinajstić information content (AvgIpc) is 2.41. The molecule has 1 saturated heterocycles. The molecule has 1 aromatic carbocycles. The van der Waals surface area contributed by atoms with Gasteiger partial charge in [0, 0.05) is 32.8 Å². The first-order valence-corrected chi connectivity index (χ1v) is 8.37. The van der Waals surface area contributed by atoms with Crippen molar-refractivity contribution in [1.29, 1.82) is 0 Å². The minimum Gasteiger partial charge on any atom is -0.397 e. The van der Waals surface area contributed by atoms with Crippen molar-refractivity contribution in [1.82, 2.24) is 4.31 Å². The number of nitrogens with two attached hydrogens (primary N) is 1. The second kappa shape index (κ2) is 5.82. The Balaban J connectivity index is 2.24. The lowest BCUT2D eigenvalue weighted by Gasteiger charge is -2.35. The lowest BCUT2D eigenvalue weighted by Crippen LogP contribution is -2.40. The van der Waals surface area contributed by atoms with Crippen molar-refractivity contribution in [3.8, 4) is 0 Å². The molecule has 0 aliphatic carbocycles. The van der Waals surface area contributed by atoms with Gasteiger partial charge in [0.1, 0.15) is 0 Å². The largest absolute Gasteiger partial charge is 0.397 e. The molecule has 0 atom stereocenters. The van der Waals surface area contributed by atoms with E-state index in [0.717, 1.165) is 31.7 Å². The number of hydrogen-bond donors (Lipinski definition) is 2. The van der Waals surface area contributed by atoms with Gasteiger partial charge in [0.25, 0.3) is 0 Å². The molecule has 1 aliphatic rings. The fourth-order valence-electron chi connectivity index (χ4n) is 2.30. The summed E-state index contributed by atoms with van der Waals surface area (Å²) in [5.74, 6) is 0. The molecule has 0 saturated carbocycles. The number of anilines is 2. The molecule has 1 heterocycles. The third kappa shape index (κ3) is 3.48. The zero-order valence-corrected chi connectivity index (χ0v) is 13.5. The van der Waals surface area contributed by atoms with Gasteiger partial charge in [-0.25, -0.2) is 12.7 Å². The molecule has 0 bridgehead atoms. The molecule has 0 amide bonds. The summed E-state index contributed by atoms with van der Waals surface area (Å²) in [4.78, 5) is 0.202. The summed E-state index contributed by atoms with van der Waals surface area (Å²) < 4.78 is 30.7. The van der Waals surface area contributed by atoms with Crippen molar-refractivity contribution in [3.05, 3.63) is 18.2 Å². The fourth-order valence-corrected chi connectivity index (χ4v) is 3.24. The topological polar surface area (TPSA) is 84.7 Å². The maximum absolute atomic E-state index is 12.1. The highest BCUT2D eigenvalue weighted by Gasteiger charge is 2.28. The Bertz CT molecular complexity index is 608. The van der Waals surface area contributed by atoms with Crippen LogP contribution in [0.15, 0.2) is 23.1 Å². The van der Waals surface area contributed by atoms with E-state index in [-0.39, 0.29) is 10.4 Å². The molecular formula is C14H23N3O3S. The summed E-state index contributed by atoms with van der Waals surface area (Å²) in [6.45, 7) is 3.56. The van der Waals surface area contributed by atoms with Crippen molar-refractivity contribution < 1.29 is 13.2 Å². The van der Waals surface area contributed by atoms with Crippen LogP contribution in [0.3, 0.4) is 0 Å². The van der Waals surface area contributed by atoms with Gasteiger partial charge in [-0.3, -0.25) is 0 Å². The van der Waals surface area contributed by atoms with Crippen LogP contribution in [0.5, 0.6) is 0 Å². The van der Waals surface area contributed by atoms with Gasteiger partial charge in [0.2, 0.25) is 10.0 Å². The fraction of sp³-hybridized carbons (Fsp3) is 0.571. The summed E-state index contributed by atoms with van der Waals surface area (Å²) in [5, 5.41) is 3.42. The maximum atomic E-state index is 12.1. The SMILES string of the molecule is CN(C)S(=O)(=O)c1ccc(NC2(C)CCOCC2)c(N)c1. The number of nitrogens with one attached hydrogen (secondary N) is 1. The van der Waals surface area contributed by atoms with E-state index in [4.69, 9.17) is 10.5 Å². The van der Waals surface area contributed by atoms with E-state index in [0.29, 0.717) is 5.69 Å². The molecule has 0 spiro atoms. The Kier molecular flexibility index (Phi) is 4.46. The van der Waals surface area contributed by atoms with E-state index in [1.807, 2.05) is 0 Å². The van der Waals surface area contributed by atoms with Gasteiger partial charge >= 0.3 is 0 Å². The average molecular weight is 313 g/mol. The van der Waals surface area contributed by atoms with Crippen molar-refractivity contribution in [2.24, 2.45) is 0 Å². The van der Waals surface area contributed by atoms with Crippen molar-refractivity contribution >= 4 is 21.4 Å². The van der Waals surface area contributed by atoms with Crippen LogP contribution in [0.1, 0.15) is 19.8 Å². The Labute approximate surface area is 126 Å². The highest BCUT2D eigenvalue weighted by atomic mass is 32.2. The number of rotatable bonds is 4. The summed E-state index contributed by atoms with van der Waals surface area (Å²) in [6.07, 6.45) is 1.79. The summed E-state index contributed by atoms with van der Waals surface area (Å²) in [6, 6.07) is 4.81. The molecule has 2 rings (SSSR count). The van der Waals surface area contributed by atoms with Gasteiger partial charge in [-0.05, 0) is 38.0 Å². The van der Waals surface area contributed by atoms with E-state index in [9.17, 15) is 8.42 Å². The molecule has 0 aromatic heterocycles. The molecule has 0 unspecified atom stereocenters. The van der Waals surface area contributed by atoms with Gasteiger partial charge in [-0.1, -0.05) is 0 Å². The zero-order chi connectivity index (χ0) is 15.7. The number of ether oxygens (including phenoxy) is 1. The lowest BCUT2D eigenvalue weighted by molar-refractivity contribution is 0.0658. The van der Waals surface area contributed by atoms with Gasteiger partial charge in [-0.2, -0.15) is 0 Å². The van der Waals surface area contributed by atoms with Crippen molar-refractivity contribution in [2.75, 3.05) is 38.4 Å². The molecule has 1 fully saturated rings. The second-order valence-corrected chi connectivity index (χ2v) is 7.99. The maximum Gasteiger partial charge on any atom is 0.242 e. The number of nitrogens with zero attached hydrogens (tertiary/aromatic N) is 1. The van der Waals surface area contributed by atoms with Gasteiger partial charge in [-0.15, -0.1) is 0 Å². The predicted molar refractivity (Wildman–Crippen MR) is 83.8 cm³/mol. The Morgan fingerprint density at radius 1 is 1.29 bits per heavy atom. The van der Waals surface area contributed by atoms with Gasteiger partial charge in [0.05, 0.1) is 16.3 Å². The Morgan fingerprint density at radius 2 is 1.90 bits per heavy atom. The second-order valence-electron chi connectivity index (χ2n) is 5.83. The first kappa shape index (κ1) is 16.1. The van der Waals surface area contributed by atoms with E-state index in [1.54, 1.807) is 12.1 Å². The molecule has 0 radical (unpaired) electrons. The van der Waals surface area contributed by atoms with Crippen molar-refractivity contribution in [2.45, 2.75) is 30.2 Å². The first-order chi connectivity index (χ1) is 9.74. The summed E-state index contributed by atoms with van der Waals surface area (Å²) >= 11 is 0. The van der Waals surface area contributed by atoms with Crippen LogP contribution in [0.25, 0.3) is 0 Å². The lowest BCUT2D eigenvalue weighted by atomic mass is 9.92. The molecule has 6 nitrogen and oxygen atoms in total. The Hall–Kier alpha value is -1.31. The summed E-state index contributed by atoms with van der Waals surface area (Å²) in [7, 11) is -0.457. The van der Waals surface area contributed by atoms with Crippen LogP contribution >= 0.6 is 0 Å². The number of sulfonamides is 1. The Morgan fingerprint density at radius 3 is 2.43 bits per heavy atom. The minimum atomic E-state index is -3.46. The van der Waals surface area contributed by atoms with E-state index < -0.39 is 10.0 Å². The third-order valence-corrected chi connectivity index (χ3v) is 5.65. The van der Waals surface area contributed by atoms with Crippen LogP contribution in [0.4, 0.5) is 11.4 Å². The van der Waals surface area contributed by atoms with Crippen LogP contribution in [0.2, 0.25) is 0 Å². The summed E-state index contributed by atoms with van der Waals surface area (Å²) in [5.41, 5.74) is 7.14. The zero-order valence-electron chi connectivity index (χ0n) is 12.7. The highest BCUT2D eigenvalue weighted by Crippen LogP contribution is 2.30. The van der Waals surface area contributed by atoms with Crippen LogP contribution in [-0.2, 0) is 14.8 Å². The standard InChI is InChI=1S/C14H23N3O3S/c1-14(6-8-20-9-7-14)16-13-5-4-11(10-12(13)15)21(18,19)17(2)3/h4-5,10,16H,6-9,15H2,1-3H3. The number of benzene rings is 1. The highest BCUT2D eigenvalue weighted by molar-refractivity contribution is 7.89. The van der Waals surface area contributed by atoms with E-state index in [2.05, 4.69) is 12.2 Å². The molecular weight excluding hydrogens is 290 g/mol. The predicted octanol–water partition coefficient (Wildman–Crippen LogP) is 1.50. The van der Waals surface area contributed by atoms with Crippen LogP contribution in [-0.4, -0.2) is 45.6 Å². The number of hydrogen-bond acceptors (Lipinski definition) is 5. The van der Waals surface area contributed by atoms with E-state index in [1.165, 1.54) is 24.5 Å². The molecule has 118 valence electrons. The normalized spacial score (nSPS) is 18.7. The smallest absolute Gasteiger partial charge is 0.242 e. The van der Waals surface area contributed by atoms with Crippen LogP contribution in [0, 0.1) is 0 Å².